The van der Waals surface area contributed by atoms with Gasteiger partial charge in [-0.2, -0.15) is 5.10 Å². The Labute approximate surface area is 95.6 Å². The molecule has 2 rings (SSSR count). The van der Waals surface area contributed by atoms with Gasteiger partial charge >= 0.3 is 5.69 Å². The number of hydrogen-bond acceptors (Lipinski definition) is 4. The Hall–Kier alpha value is -1.95. The van der Waals surface area contributed by atoms with E-state index in [2.05, 4.69) is 10.1 Å². The molecule has 82 valence electrons. The Morgan fingerprint density at radius 2 is 2.38 bits per heavy atom. The van der Waals surface area contributed by atoms with E-state index >= 15 is 0 Å². The molecule has 0 saturated heterocycles. The number of halogens is 1. The zero-order chi connectivity index (χ0) is 11.5. The normalized spacial score (nSPS) is 10.3. The fraction of sp³-hybridized carbons (Fsp3) is 0.111. The molecule has 16 heavy (non-hydrogen) atoms. The van der Waals surface area contributed by atoms with E-state index in [0.29, 0.717) is 11.7 Å². The number of aromatic nitrogens is 3. The third-order valence-electron chi connectivity index (χ3n) is 2.00. The van der Waals surface area contributed by atoms with E-state index in [-0.39, 0.29) is 5.69 Å². The van der Waals surface area contributed by atoms with Crippen LogP contribution in [0.25, 0.3) is 0 Å². The second kappa shape index (κ2) is 4.28. The smallest absolute Gasteiger partial charge is 0.261 e. The molecule has 0 aliphatic carbocycles. The summed E-state index contributed by atoms with van der Waals surface area (Å²) in [6.45, 7) is 0.362. The van der Waals surface area contributed by atoms with Crippen LogP contribution in [0.5, 0.6) is 0 Å². The van der Waals surface area contributed by atoms with E-state index in [1.54, 1.807) is 18.3 Å². The van der Waals surface area contributed by atoms with Crippen LogP contribution in [0.15, 0.2) is 30.7 Å². The second-order valence-electron chi connectivity index (χ2n) is 3.11. The Morgan fingerprint density at radius 1 is 1.56 bits per heavy atom. The molecule has 0 atom stereocenters. The molecule has 0 aromatic carbocycles. The van der Waals surface area contributed by atoms with E-state index in [1.807, 2.05) is 0 Å². The first-order valence-corrected chi connectivity index (χ1v) is 4.81. The molecule has 0 fully saturated rings. The molecule has 2 aromatic rings. The van der Waals surface area contributed by atoms with Gasteiger partial charge in [-0.3, -0.25) is 14.8 Å². The molecule has 0 N–H and O–H groups in total. The maximum absolute atomic E-state index is 10.4. The largest absolute Gasteiger partial charge is 0.307 e. The van der Waals surface area contributed by atoms with Crippen LogP contribution in [0.4, 0.5) is 5.69 Å². The van der Waals surface area contributed by atoms with Crippen LogP contribution in [0, 0.1) is 10.1 Å². The highest BCUT2D eigenvalue weighted by atomic mass is 35.5. The molecule has 0 radical (unpaired) electrons. The molecule has 7 heteroatoms. The van der Waals surface area contributed by atoms with Gasteiger partial charge in [-0.15, -0.1) is 0 Å². The molecule has 0 bridgehead atoms. The molecular formula is C9H7ClN4O2. The highest BCUT2D eigenvalue weighted by Gasteiger charge is 2.09. The minimum atomic E-state index is -0.492. The SMILES string of the molecule is O=[N+]([O-])c1cnn(Cc2cccnc2Cl)c1. The molecule has 0 saturated carbocycles. The van der Waals surface area contributed by atoms with Gasteiger partial charge < -0.3 is 0 Å². The first kappa shape index (κ1) is 10.6. The number of hydrogen-bond donors (Lipinski definition) is 0. The predicted molar refractivity (Wildman–Crippen MR) is 57.2 cm³/mol. The minimum absolute atomic E-state index is 0.0417. The third kappa shape index (κ3) is 2.17. The summed E-state index contributed by atoms with van der Waals surface area (Å²) in [7, 11) is 0. The quantitative estimate of drug-likeness (QED) is 0.465. The number of pyridine rings is 1. The second-order valence-corrected chi connectivity index (χ2v) is 3.46. The number of rotatable bonds is 3. The van der Waals surface area contributed by atoms with Gasteiger partial charge in [-0.05, 0) is 6.07 Å². The lowest BCUT2D eigenvalue weighted by Gasteiger charge is -2.02. The lowest BCUT2D eigenvalue weighted by atomic mass is 10.3. The monoisotopic (exact) mass is 238 g/mol. The summed E-state index contributed by atoms with van der Waals surface area (Å²) in [6, 6.07) is 3.54. The van der Waals surface area contributed by atoms with E-state index in [9.17, 15) is 10.1 Å². The Morgan fingerprint density at radius 3 is 3.00 bits per heavy atom. The Balaban J connectivity index is 2.21. The zero-order valence-corrected chi connectivity index (χ0v) is 8.83. The van der Waals surface area contributed by atoms with Crippen LogP contribution in [-0.4, -0.2) is 19.7 Å². The summed E-state index contributed by atoms with van der Waals surface area (Å²) < 4.78 is 1.45. The molecule has 2 heterocycles. The van der Waals surface area contributed by atoms with Crippen molar-refractivity contribution < 1.29 is 4.92 Å². The average molecular weight is 239 g/mol. The van der Waals surface area contributed by atoms with Crippen molar-refractivity contribution in [1.82, 2.24) is 14.8 Å². The van der Waals surface area contributed by atoms with Crippen molar-refractivity contribution >= 4 is 17.3 Å². The predicted octanol–water partition coefficient (Wildman–Crippen LogP) is 1.89. The van der Waals surface area contributed by atoms with Gasteiger partial charge in [0.15, 0.2) is 0 Å². The molecule has 2 aromatic heterocycles. The van der Waals surface area contributed by atoms with E-state index in [0.717, 1.165) is 5.56 Å². The van der Waals surface area contributed by atoms with Crippen molar-refractivity contribution in [2.24, 2.45) is 0 Å². The fourth-order valence-corrected chi connectivity index (χ4v) is 1.42. The summed E-state index contributed by atoms with van der Waals surface area (Å²) in [5.74, 6) is 0. The van der Waals surface area contributed by atoms with Crippen LogP contribution in [0.2, 0.25) is 5.15 Å². The molecule has 0 spiro atoms. The third-order valence-corrected chi connectivity index (χ3v) is 2.34. The van der Waals surface area contributed by atoms with Crippen molar-refractivity contribution in [2.75, 3.05) is 0 Å². The zero-order valence-electron chi connectivity index (χ0n) is 8.08. The fourth-order valence-electron chi connectivity index (χ4n) is 1.25. The summed E-state index contributed by atoms with van der Waals surface area (Å²) in [5.41, 5.74) is 0.724. The molecular weight excluding hydrogens is 232 g/mol. The summed E-state index contributed by atoms with van der Waals surface area (Å²) in [6.07, 6.45) is 4.13. The van der Waals surface area contributed by atoms with Crippen LogP contribution in [0.1, 0.15) is 5.56 Å². The van der Waals surface area contributed by atoms with Gasteiger partial charge in [0.25, 0.3) is 0 Å². The van der Waals surface area contributed by atoms with Crippen molar-refractivity contribution in [3.8, 4) is 0 Å². The summed E-state index contributed by atoms with van der Waals surface area (Å²) in [5, 5.41) is 14.7. The van der Waals surface area contributed by atoms with Crippen LogP contribution in [0.3, 0.4) is 0 Å². The lowest BCUT2D eigenvalue weighted by molar-refractivity contribution is -0.385. The summed E-state index contributed by atoms with van der Waals surface area (Å²) >= 11 is 5.86. The van der Waals surface area contributed by atoms with Crippen LogP contribution >= 0.6 is 11.6 Å². The maximum Gasteiger partial charge on any atom is 0.307 e. The van der Waals surface area contributed by atoms with Gasteiger partial charge in [-0.25, -0.2) is 4.98 Å². The van der Waals surface area contributed by atoms with Gasteiger partial charge in [0.2, 0.25) is 0 Å². The Kier molecular flexibility index (Phi) is 2.82. The molecule has 0 aliphatic rings. The van der Waals surface area contributed by atoms with E-state index in [1.165, 1.54) is 17.1 Å². The first-order valence-electron chi connectivity index (χ1n) is 4.43. The van der Waals surface area contributed by atoms with E-state index in [4.69, 9.17) is 11.6 Å². The lowest BCUT2D eigenvalue weighted by Crippen LogP contribution is -2.01. The van der Waals surface area contributed by atoms with Crippen LogP contribution < -0.4 is 0 Å². The number of nitro groups is 1. The molecule has 0 aliphatic heterocycles. The Bertz CT molecular complexity index is 526. The van der Waals surface area contributed by atoms with Crippen molar-refractivity contribution in [3.05, 3.63) is 51.6 Å². The molecule has 0 amide bonds. The first-order chi connectivity index (χ1) is 7.66. The van der Waals surface area contributed by atoms with Gasteiger partial charge in [0, 0.05) is 11.8 Å². The summed E-state index contributed by atoms with van der Waals surface area (Å²) in [4.78, 5) is 13.9. The number of nitrogens with zero attached hydrogens (tertiary/aromatic N) is 4. The van der Waals surface area contributed by atoms with Crippen molar-refractivity contribution in [2.45, 2.75) is 6.54 Å². The van der Waals surface area contributed by atoms with Gasteiger partial charge in [0.1, 0.15) is 17.5 Å². The van der Waals surface area contributed by atoms with Gasteiger partial charge in [-0.1, -0.05) is 17.7 Å². The minimum Gasteiger partial charge on any atom is -0.261 e. The van der Waals surface area contributed by atoms with E-state index < -0.39 is 4.92 Å². The molecule has 0 unspecified atom stereocenters. The maximum atomic E-state index is 10.4. The molecule has 6 nitrogen and oxygen atoms in total. The highest BCUT2D eigenvalue weighted by molar-refractivity contribution is 6.30. The van der Waals surface area contributed by atoms with Gasteiger partial charge in [0.05, 0.1) is 11.5 Å². The standard InChI is InChI=1S/C9H7ClN4O2/c10-9-7(2-1-3-11-9)5-13-6-8(4-12-13)14(15)16/h1-4,6H,5H2. The topological polar surface area (TPSA) is 73.8 Å². The van der Waals surface area contributed by atoms with Crippen molar-refractivity contribution in [1.29, 1.82) is 0 Å². The highest BCUT2D eigenvalue weighted by Crippen LogP contribution is 2.14. The van der Waals surface area contributed by atoms with Crippen molar-refractivity contribution in [3.63, 3.8) is 0 Å². The van der Waals surface area contributed by atoms with Crippen LogP contribution in [-0.2, 0) is 6.54 Å². The average Bonchev–Trinajstić information content (AvgIpc) is 2.70.